The summed E-state index contributed by atoms with van der Waals surface area (Å²) in [7, 11) is 0. The van der Waals surface area contributed by atoms with Crippen molar-refractivity contribution in [1.82, 2.24) is 0 Å². The Morgan fingerprint density at radius 1 is 1.20 bits per heavy atom. The van der Waals surface area contributed by atoms with Gasteiger partial charge in [0.15, 0.2) is 11.6 Å². The minimum Gasteiger partial charge on any atom is -0.490 e. The van der Waals surface area contributed by atoms with Gasteiger partial charge in [-0.05, 0) is 55.0 Å². The quantitative estimate of drug-likeness (QED) is 0.790. The van der Waals surface area contributed by atoms with Crippen LogP contribution in [-0.4, -0.2) is 6.61 Å². The van der Waals surface area contributed by atoms with Gasteiger partial charge < -0.3 is 4.74 Å². The number of benzene rings is 2. The summed E-state index contributed by atoms with van der Waals surface area (Å²) < 4.78 is 19.4. The van der Waals surface area contributed by atoms with E-state index in [-0.39, 0.29) is 5.82 Å². The van der Waals surface area contributed by atoms with E-state index in [1.807, 2.05) is 6.92 Å². The number of hydrogen-bond donors (Lipinski definition) is 0. The molecule has 1 nitrogen and oxygen atoms in total. The van der Waals surface area contributed by atoms with Crippen LogP contribution in [0, 0.1) is 12.7 Å². The highest BCUT2D eigenvalue weighted by molar-refractivity contribution is 5.33. The van der Waals surface area contributed by atoms with Crippen LogP contribution in [0.3, 0.4) is 0 Å². The van der Waals surface area contributed by atoms with Crippen molar-refractivity contribution < 1.29 is 9.13 Å². The summed E-state index contributed by atoms with van der Waals surface area (Å²) in [5, 5.41) is 0. The number of ether oxygens (including phenoxy) is 1. The fraction of sp³-hybridized carbons (Fsp3) is 0.333. The molecule has 0 aliphatic heterocycles. The van der Waals surface area contributed by atoms with Gasteiger partial charge in [0.05, 0.1) is 6.61 Å². The molecule has 0 aromatic heterocycles. The van der Waals surface area contributed by atoms with Crippen molar-refractivity contribution >= 4 is 0 Å². The zero-order chi connectivity index (χ0) is 13.9. The fourth-order valence-electron chi connectivity index (χ4n) is 2.94. The molecular weight excluding hydrogens is 251 g/mol. The van der Waals surface area contributed by atoms with Crippen LogP contribution in [0.5, 0.6) is 5.75 Å². The average molecular weight is 270 g/mol. The van der Waals surface area contributed by atoms with Gasteiger partial charge in [0.25, 0.3) is 0 Å². The normalized spacial score (nSPS) is 17.6. The molecule has 3 rings (SSSR count). The summed E-state index contributed by atoms with van der Waals surface area (Å²) in [5.74, 6) is 0.465. The minimum atomic E-state index is -0.278. The molecule has 0 bridgehead atoms. The summed E-state index contributed by atoms with van der Waals surface area (Å²) in [4.78, 5) is 0. The molecule has 1 aliphatic rings. The van der Waals surface area contributed by atoms with Crippen LogP contribution < -0.4 is 4.74 Å². The monoisotopic (exact) mass is 270 g/mol. The topological polar surface area (TPSA) is 9.23 Å². The Morgan fingerprint density at radius 2 is 2.05 bits per heavy atom. The second-order valence-electron chi connectivity index (χ2n) is 5.53. The first-order valence-corrected chi connectivity index (χ1v) is 7.21. The zero-order valence-electron chi connectivity index (χ0n) is 11.7. The lowest BCUT2D eigenvalue weighted by molar-refractivity contribution is 0.263. The van der Waals surface area contributed by atoms with Crippen LogP contribution in [0.15, 0.2) is 42.5 Å². The highest BCUT2D eigenvalue weighted by Crippen LogP contribution is 2.32. The van der Waals surface area contributed by atoms with Crippen LogP contribution in [0.25, 0.3) is 0 Å². The third-order valence-corrected chi connectivity index (χ3v) is 4.02. The van der Waals surface area contributed by atoms with Crippen LogP contribution >= 0.6 is 0 Å². The first kappa shape index (κ1) is 13.2. The molecule has 0 N–H and O–H groups in total. The van der Waals surface area contributed by atoms with Crippen molar-refractivity contribution in [1.29, 1.82) is 0 Å². The van der Waals surface area contributed by atoms with Crippen molar-refractivity contribution in [2.24, 2.45) is 0 Å². The summed E-state index contributed by atoms with van der Waals surface area (Å²) in [6.07, 6.45) is 3.44. The number of hydrogen-bond acceptors (Lipinski definition) is 1. The maximum absolute atomic E-state index is 13.7. The summed E-state index contributed by atoms with van der Waals surface area (Å²) >= 11 is 0. The molecule has 104 valence electrons. The zero-order valence-corrected chi connectivity index (χ0v) is 11.7. The predicted molar refractivity (Wildman–Crippen MR) is 78.8 cm³/mol. The van der Waals surface area contributed by atoms with Gasteiger partial charge in [-0.3, -0.25) is 0 Å². The standard InChI is InChI=1S/C18H19FO/c1-13-9-10-17(19)18(11-13)20-12-15-7-4-6-14-5-2-3-8-16(14)15/h2-3,5,8-11,15H,4,6-7,12H2,1H3. The van der Waals surface area contributed by atoms with Gasteiger partial charge in [0.2, 0.25) is 0 Å². The van der Waals surface area contributed by atoms with E-state index in [9.17, 15) is 4.39 Å². The van der Waals surface area contributed by atoms with Crippen molar-refractivity contribution in [3.05, 3.63) is 65.0 Å². The highest BCUT2D eigenvalue weighted by atomic mass is 19.1. The molecule has 2 heteroatoms. The predicted octanol–water partition coefficient (Wildman–Crippen LogP) is 4.63. The second-order valence-corrected chi connectivity index (χ2v) is 5.53. The fourth-order valence-corrected chi connectivity index (χ4v) is 2.94. The van der Waals surface area contributed by atoms with E-state index in [1.54, 1.807) is 12.1 Å². The number of halogens is 1. The summed E-state index contributed by atoms with van der Waals surface area (Å²) in [6, 6.07) is 13.5. The van der Waals surface area contributed by atoms with Crippen LogP contribution in [0.4, 0.5) is 4.39 Å². The molecule has 1 unspecified atom stereocenters. The van der Waals surface area contributed by atoms with E-state index in [0.717, 1.165) is 18.4 Å². The Labute approximate surface area is 119 Å². The molecule has 0 spiro atoms. The lowest BCUT2D eigenvalue weighted by Gasteiger charge is -2.25. The van der Waals surface area contributed by atoms with Crippen molar-refractivity contribution in [3.8, 4) is 5.75 Å². The molecular formula is C18H19FO. The molecule has 2 aromatic rings. The van der Waals surface area contributed by atoms with E-state index in [4.69, 9.17) is 4.74 Å². The van der Waals surface area contributed by atoms with Crippen molar-refractivity contribution in [2.45, 2.75) is 32.1 Å². The summed E-state index contributed by atoms with van der Waals surface area (Å²) in [6.45, 7) is 2.50. The number of rotatable bonds is 3. The molecule has 0 saturated heterocycles. The first-order valence-electron chi connectivity index (χ1n) is 7.21. The van der Waals surface area contributed by atoms with Gasteiger partial charge >= 0.3 is 0 Å². The highest BCUT2D eigenvalue weighted by Gasteiger charge is 2.20. The Balaban J connectivity index is 1.75. The minimum absolute atomic E-state index is 0.278. The molecule has 0 saturated carbocycles. The smallest absolute Gasteiger partial charge is 0.165 e. The second kappa shape index (κ2) is 5.66. The van der Waals surface area contributed by atoms with Gasteiger partial charge in [-0.15, -0.1) is 0 Å². The molecule has 2 aromatic carbocycles. The molecule has 0 fully saturated rings. The average Bonchev–Trinajstić information content (AvgIpc) is 2.48. The van der Waals surface area contributed by atoms with Gasteiger partial charge in [-0.2, -0.15) is 0 Å². The third kappa shape index (κ3) is 2.69. The Morgan fingerprint density at radius 3 is 2.95 bits per heavy atom. The molecule has 0 amide bonds. The van der Waals surface area contributed by atoms with Gasteiger partial charge in [0.1, 0.15) is 0 Å². The van der Waals surface area contributed by atoms with Gasteiger partial charge in [-0.1, -0.05) is 30.3 Å². The van der Waals surface area contributed by atoms with E-state index in [1.165, 1.54) is 23.6 Å². The molecule has 0 radical (unpaired) electrons. The maximum Gasteiger partial charge on any atom is 0.165 e. The summed E-state index contributed by atoms with van der Waals surface area (Å²) in [5.41, 5.74) is 3.80. The number of fused-ring (bicyclic) bond motifs is 1. The van der Waals surface area contributed by atoms with Crippen LogP contribution in [0.2, 0.25) is 0 Å². The SMILES string of the molecule is Cc1ccc(F)c(OCC2CCCc3ccccc32)c1. The molecule has 20 heavy (non-hydrogen) atoms. The Kier molecular flexibility index (Phi) is 3.72. The number of aryl methyl sites for hydroxylation is 2. The van der Waals surface area contributed by atoms with E-state index in [0.29, 0.717) is 18.3 Å². The largest absolute Gasteiger partial charge is 0.490 e. The van der Waals surface area contributed by atoms with Crippen molar-refractivity contribution in [2.75, 3.05) is 6.61 Å². The van der Waals surface area contributed by atoms with E-state index >= 15 is 0 Å². The Hall–Kier alpha value is -1.83. The van der Waals surface area contributed by atoms with E-state index < -0.39 is 0 Å². The maximum atomic E-state index is 13.7. The van der Waals surface area contributed by atoms with Crippen molar-refractivity contribution in [3.63, 3.8) is 0 Å². The lowest BCUT2D eigenvalue weighted by Crippen LogP contribution is -2.17. The van der Waals surface area contributed by atoms with Crippen LogP contribution in [0.1, 0.15) is 35.4 Å². The van der Waals surface area contributed by atoms with Gasteiger partial charge in [0, 0.05) is 5.92 Å². The molecule has 1 atom stereocenters. The first-order chi connectivity index (χ1) is 9.74. The third-order valence-electron chi connectivity index (χ3n) is 4.02. The van der Waals surface area contributed by atoms with Crippen LogP contribution in [-0.2, 0) is 6.42 Å². The van der Waals surface area contributed by atoms with Gasteiger partial charge in [-0.25, -0.2) is 4.39 Å². The van der Waals surface area contributed by atoms with E-state index in [2.05, 4.69) is 24.3 Å². The molecule has 0 heterocycles. The lowest BCUT2D eigenvalue weighted by atomic mass is 9.83. The Bertz CT molecular complexity index is 606. The molecule has 1 aliphatic carbocycles.